The van der Waals surface area contributed by atoms with Gasteiger partial charge in [0.05, 0.1) is 6.54 Å². The van der Waals surface area contributed by atoms with Crippen LogP contribution in [0.3, 0.4) is 0 Å². The van der Waals surface area contributed by atoms with E-state index in [0.29, 0.717) is 37.3 Å². The summed E-state index contributed by atoms with van der Waals surface area (Å²) in [7, 11) is 0. The molecule has 2 N–H and O–H groups in total. The van der Waals surface area contributed by atoms with Gasteiger partial charge in [0, 0.05) is 25.1 Å². The molecule has 7 heteroatoms. The van der Waals surface area contributed by atoms with Crippen LogP contribution in [-0.4, -0.2) is 47.3 Å². The van der Waals surface area contributed by atoms with Crippen molar-refractivity contribution in [3.63, 3.8) is 0 Å². The molecule has 1 aliphatic rings. The van der Waals surface area contributed by atoms with Crippen LogP contribution in [0.15, 0.2) is 36.8 Å². The van der Waals surface area contributed by atoms with Crippen molar-refractivity contribution in [2.24, 2.45) is 5.73 Å². The molecule has 1 unspecified atom stereocenters. The SMILES string of the molecule is NCCCN(CC1COc2ncccc2O1)c1ncccn1. The third-order valence-electron chi connectivity index (χ3n) is 3.33. The minimum absolute atomic E-state index is 0.0988. The fraction of sp³-hybridized carbons (Fsp3) is 0.400. The maximum Gasteiger partial charge on any atom is 0.257 e. The molecule has 0 saturated heterocycles. The molecular formula is C15H19N5O2. The zero-order chi connectivity index (χ0) is 15.2. The fourth-order valence-corrected chi connectivity index (χ4v) is 2.31. The maximum atomic E-state index is 5.95. The van der Waals surface area contributed by atoms with Crippen molar-refractivity contribution < 1.29 is 9.47 Å². The minimum Gasteiger partial charge on any atom is -0.479 e. The van der Waals surface area contributed by atoms with Gasteiger partial charge >= 0.3 is 0 Å². The van der Waals surface area contributed by atoms with Crippen LogP contribution in [0, 0.1) is 0 Å². The van der Waals surface area contributed by atoms with E-state index in [0.717, 1.165) is 13.0 Å². The molecule has 0 amide bonds. The molecule has 0 bridgehead atoms. The van der Waals surface area contributed by atoms with Crippen LogP contribution in [0.2, 0.25) is 0 Å². The molecule has 3 rings (SSSR count). The molecule has 2 aromatic heterocycles. The van der Waals surface area contributed by atoms with Gasteiger partial charge in [-0.15, -0.1) is 0 Å². The van der Waals surface area contributed by atoms with Crippen LogP contribution < -0.4 is 20.1 Å². The normalized spacial score (nSPS) is 16.3. The lowest BCUT2D eigenvalue weighted by molar-refractivity contribution is 0.0900. The molecule has 0 fully saturated rings. The van der Waals surface area contributed by atoms with Gasteiger partial charge in [0.25, 0.3) is 5.88 Å². The van der Waals surface area contributed by atoms with Crippen molar-refractivity contribution in [1.29, 1.82) is 0 Å². The monoisotopic (exact) mass is 301 g/mol. The van der Waals surface area contributed by atoms with E-state index in [2.05, 4.69) is 19.9 Å². The van der Waals surface area contributed by atoms with Gasteiger partial charge in [-0.2, -0.15) is 0 Å². The summed E-state index contributed by atoms with van der Waals surface area (Å²) in [6.45, 7) is 2.49. The first-order valence-electron chi connectivity index (χ1n) is 7.33. The highest BCUT2D eigenvalue weighted by Gasteiger charge is 2.24. The number of nitrogens with zero attached hydrogens (tertiary/aromatic N) is 4. The molecule has 22 heavy (non-hydrogen) atoms. The summed E-state index contributed by atoms with van der Waals surface area (Å²) in [6.07, 6.45) is 5.92. The van der Waals surface area contributed by atoms with Gasteiger partial charge in [0.15, 0.2) is 11.9 Å². The predicted octanol–water partition coefficient (Wildman–Crippen LogP) is 0.867. The molecule has 1 aliphatic heterocycles. The molecule has 3 heterocycles. The largest absolute Gasteiger partial charge is 0.479 e. The van der Waals surface area contributed by atoms with Gasteiger partial charge in [-0.05, 0) is 31.2 Å². The van der Waals surface area contributed by atoms with E-state index in [-0.39, 0.29) is 6.10 Å². The average molecular weight is 301 g/mol. The molecule has 0 radical (unpaired) electrons. The highest BCUT2D eigenvalue weighted by molar-refractivity contribution is 5.35. The highest BCUT2D eigenvalue weighted by atomic mass is 16.6. The second-order valence-corrected chi connectivity index (χ2v) is 4.99. The number of rotatable bonds is 6. The maximum absolute atomic E-state index is 5.95. The summed E-state index contributed by atoms with van der Waals surface area (Å²) in [5.41, 5.74) is 5.62. The van der Waals surface area contributed by atoms with Gasteiger partial charge in [-0.3, -0.25) is 0 Å². The molecule has 0 saturated carbocycles. The molecule has 0 aliphatic carbocycles. The van der Waals surface area contributed by atoms with Crippen LogP contribution in [0.5, 0.6) is 11.6 Å². The van der Waals surface area contributed by atoms with E-state index in [1.807, 2.05) is 12.1 Å². The smallest absolute Gasteiger partial charge is 0.257 e. The highest BCUT2D eigenvalue weighted by Crippen LogP contribution is 2.28. The van der Waals surface area contributed by atoms with E-state index in [4.69, 9.17) is 15.2 Å². The third kappa shape index (κ3) is 3.43. The standard InChI is InChI=1S/C15H19N5O2/c16-5-2-9-20(15-18-7-3-8-19-15)10-12-11-21-14-13(22-12)4-1-6-17-14/h1,3-4,6-8,12H,2,5,9-11,16H2. The molecule has 0 aromatic carbocycles. The number of hydrogen-bond donors (Lipinski definition) is 1. The summed E-state index contributed by atoms with van der Waals surface area (Å²) in [4.78, 5) is 14.8. The first kappa shape index (κ1) is 14.5. The first-order chi connectivity index (χ1) is 10.9. The summed E-state index contributed by atoms with van der Waals surface area (Å²) in [5.74, 6) is 1.89. The Morgan fingerprint density at radius 3 is 2.82 bits per heavy atom. The van der Waals surface area contributed by atoms with E-state index in [1.54, 1.807) is 24.7 Å². The summed E-state index contributed by atoms with van der Waals surface area (Å²) in [5, 5.41) is 0. The molecule has 2 aromatic rings. The lowest BCUT2D eigenvalue weighted by Crippen LogP contribution is -2.42. The Labute approximate surface area is 129 Å². The number of hydrogen-bond acceptors (Lipinski definition) is 7. The van der Waals surface area contributed by atoms with E-state index >= 15 is 0 Å². The Balaban J connectivity index is 1.69. The van der Waals surface area contributed by atoms with Gasteiger partial charge in [-0.1, -0.05) is 0 Å². The van der Waals surface area contributed by atoms with Gasteiger partial charge in [0.2, 0.25) is 5.95 Å². The Bertz CT molecular complexity index is 595. The molecule has 0 spiro atoms. The zero-order valence-corrected chi connectivity index (χ0v) is 12.3. The number of fused-ring (bicyclic) bond motifs is 1. The summed E-state index contributed by atoms with van der Waals surface area (Å²) in [6, 6.07) is 5.49. The van der Waals surface area contributed by atoms with Crippen molar-refractivity contribution in [3.8, 4) is 11.6 Å². The Morgan fingerprint density at radius 2 is 2.00 bits per heavy atom. The van der Waals surface area contributed by atoms with Crippen molar-refractivity contribution in [2.45, 2.75) is 12.5 Å². The van der Waals surface area contributed by atoms with Crippen LogP contribution in [-0.2, 0) is 0 Å². The summed E-state index contributed by atoms with van der Waals surface area (Å²) < 4.78 is 11.6. The Hall–Kier alpha value is -2.41. The van der Waals surface area contributed by atoms with Crippen LogP contribution >= 0.6 is 0 Å². The van der Waals surface area contributed by atoms with Gasteiger partial charge in [-0.25, -0.2) is 15.0 Å². The quantitative estimate of drug-likeness (QED) is 0.847. The van der Waals surface area contributed by atoms with E-state index < -0.39 is 0 Å². The number of anilines is 1. The third-order valence-corrected chi connectivity index (χ3v) is 3.33. The van der Waals surface area contributed by atoms with Crippen LogP contribution in [0.4, 0.5) is 5.95 Å². The summed E-state index contributed by atoms with van der Waals surface area (Å²) >= 11 is 0. The minimum atomic E-state index is -0.0988. The fourth-order valence-electron chi connectivity index (χ4n) is 2.31. The first-order valence-corrected chi connectivity index (χ1v) is 7.33. The number of ether oxygens (including phenoxy) is 2. The van der Waals surface area contributed by atoms with Gasteiger partial charge in [0.1, 0.15) is 6.61 Å². The van der Waals surface area contributed by atoms with E-state index in [1.165, 1.54) is 0 Å². The van der Waals surface area contributed by atoms with Crippen molar-refractivity contribution in [1.82, 2.24) is 15.0 Å². The Morgan fingerprint density at radius 1 is 1.18 bits per heavy atom. The van der Waals surface area contributed by atoms with Crippen molar-refractivity contribution in [2.75, 3.05) is 31.1 Å². The van der Waals surface area contributed by atoms with Gasteiger partial charge < -0.3 is 20.1 Å². The van der Waals surface area contributed by atoms with Crippen LogP contribution in [0.25, 0.3) is 0 Å². The lowest BCUT2D eigenvalue weighted by Gasteiger charge is -2.30. The topological polar surface area (TPSA) is 86.4 Å². The zero-order valence-electron chi connectivity index (χ0n) is 12.3. The average Bonchev–Trinajstić information content (AvgIpc) is 2.59. The number of nitrogens with two attached hydrogens (primary N) is 1. The second-order valence-electron chi connectivity index (χ2n) is 4.99. The van der Waals surface area contributed by atoms with Crippen molar-refractivity contribution in [3.05, 3.63) is 36.8 Å². The molecular weight excluding hydrogens is 282 g/mol. The molecule has 7 nitrogen and oxygen atoms in total. The van der Waals surface area contributed by atoms with E-state index in [9.17, 15) is 0 Å². The van der Waals surface area contributed by atoms with Crippen molar-refractivity contribution >= 4 is 5.95 Å². The predicted molar refractivity (Wildman–Crippen MR) is 82.1 cm³/mol. The Kier molecular flexibility index (Phi) is 4.65. The lowest BCUT2D eigenvalue weighted by atomic mass is 10.3. The van der Waals surface area contributed by atoms with Crippen LogP contribution in [0.1, 0.15) is 6.42 Å². The molecule has 116 valence electrons. The molecule has 1 atom stereocenters. The number of pyridine rings is 1. The number of aromatic nitrogens is 3. The second kappa shape index (κ2) is 7.04.